The molecule has 0 aliphatic rings. The van der Waals surface area contributed by atoms with Crippen molar-refractivity contribution in [2.45, 2.75) is 12.8 Å². The van der Waals surface area contributed by atoms with Crippen LogP contribution >= 0.6 is 11.3 Å². The Morgan fingerprint density at radius 3 is 2.74 bits per heavy atom. The number of hydrogen-bond acceptors (Lipinski definition) is 4. The Balaban J connectivity index is 2.36. The number of carbonyl (C=O) groups excluding carboxylic acids is 1. The Labute approximate surface area is 110 Å². The van der Waals surface area contributed by atoms with Gasteiger partial charge >= 0.3 is 6.18 Å². The fourth-order valence-electron chi connectivity index (χ4n) is 1.53. The smallest absolute Gasteiger partial charge is 0.417 e. The standard InChI is InChI=1S/C12H8F3NO2S/c13-12(14,15)10-4-2-1-3-9(10)11-16-5-8(19-11)6-18-7-17/h1-5,7H,6H2. The summed E-state index contributed by atoms with van der Waals surface area (Å²) in [7, 11) is 0. The number of rotatable bonds is 4. The Bertz CT molecular complexity index is 580. The Kier molecular flexibility index (Phi) is 3.84. The lowest BCUT2D eigenvalue weighted by Crippen LogP contribution is -2.06. The van der Waals surface area contributed by atoms with Gasteiger partial charge in [0.25, 0.3) is 6.47 Å². The predicted octanol–water partition coefficient (Wildman–Crippen LogP) is 3.50. The third-order valence-electron chi connectivity index (χ3n) is 2.31. The molecule has 2 aromatic rings. The first kappa shape index (κ1) is 13.5. The SMILES string of the molecule is O=COCc1cnc(-c2ccccc2C(F)(F)F)s1. The van der Waals surface area contributed by atoms with Gasteiger partial charge in [-0.1, -0.05) is 18.2 Å². The van der Waals surface area contributed by atoms with Crippen molar-refractivity contribution in [1.82, 2.24) is 4.98 Å². The number of aromatic nitrogens is 1. The van der Waals surface area contributed by atoms with E-state index in [-0.39, 0.29) is 23.7 Å². The molecule has 1 aromatic carbocycles. The van der Waals surface area contributed by atoms with E-state index in [9.17, 15) is 18.0 Å². The average molecular weight is 287 g/mol. The Hall–Kier alpha value is -1.89. The van der Waals surface area contributed by atoms with E-state index in [0.29, 0.717) is 4.88 Å². The fourth-order valence-corrected chi connectivity index (χ4v) is 2.41. The molecular weight excluding hydrogens is 279 g/mol. The number of benzene rings is 1. The van der Waals surface area contributed by atoms with Crippen LogP contribution in [0.15, 0.2) is 30.5 Å². The van der Waals surface area contributed by atoms with Gasteiger partial charge in [-0.3, -0.25) is 4.79 Å². The third kappa shape index (κ3) is 3.11. The second-order valence-electron chi connectivity index (χ2n) is 3.58. The highest BCUT2D eigenvalue weighted by molar-refractivity contribution is 7.15. The zero-order valence-corrected chi connectivity index (χ0v) is 10.3. The average Bonchev–Trinajstić information content (AvgIpc) is 2.84. The summed E-state index contributed by atoms with van der Waals surface area (Å²) in [5.74, 6) is 0. The molecule has 7 heteroatoms. The maximum Gasteiger partial charge on any atom is 0.417 e. The third-order valence-corrected chi connectivity index (χ3v) is 3.31. The molecule has 3 nitrogen and oxygen atoms in total. The molecule has 0 saturated heterocycles. The lowest BCUT2D eigenvalue weighted by atomic mass is 10.1. The van der Waals surface area contributed by atoms with Crippen LogP contribution in [-0.4, -0.2) is 11.5 Å². The van der Waals surface area contributed by atoms with E-state index in [2.05, 4.69) is 9.72 Å². The maximum atomic E-state index is 12.8. The molecule has 100 valence electrons. The van der Waals surface area contributed by atoms with Crippen LogP contribution in [0, 0.1) is 0 Å². The zero-order valence-electron chi connectivity index (χ0n) is 9.48. The summed E-state index contributed by atoms with van der Waals surface area (Å²) >= 11 is 1.06. The molecule has 19 heavy (non-hydrogen) atoms. The number of alkyl halides is 3. The molecule has 2 rings (SSSR count). The van der Waals surface area contributed by atoms with E-state index in [1.807, 2.05) is 0 Å². The van der Waals surface area contributed by atoms with Crippen LogP contribution in [0.1, 0.15) is 10.4 Å². The number of halogens is 3. The number of hydrogen-bond donors (Lipinski definition) is 0. The van der Waals surface area contributed by atoms with E-state index in [4.69, 9.17) is 0 Å². The molecule has 0 atom stereocenters. The van der Waals surface area contributed by atoms with E-state index >= 15 is 0 Å². The minimum Gasteiger partial charge on any atom is -0.462 e. The van der Waals surface area contributed by atoms with Crippen molar-refractivity contribution in [3.8, 4) is 10.6 Å². The Morgan fingerprint density at radius 1 is 1.32 bits per heavy atom. The second-order valence-corrected chi connectivity index (χ2v) is 4.70. The molecule has 0 saturated carbocycles. The van der Waals surface area contributed by atoms with Gasteiger partial charge < -0.3 is 4.74 Å². The van der Waals surface area contributed by atoms with Crippen LogP contribution in [0.2, 0.25) is 0 Å². The first-order valence-corrected chi connectivity index (χ1v) is 6.00. The molecule has 0 radical (unpaired) electrons. The van der Waals surface area contributed by atoms with Crippen LogP contribution in [0.4, 0.5) is 13.2 Å². The minimum absolute atomic E-state index is 0.00928. The van der Waals surface area contributed by atoms with Gasteiger partial charge in [0.15, 0.2) is 0 Å². The molecule has 0 unspecified atom stereocenters. The first-order chi connectivity index (χ1) is 9.02. The van der Waals surface area contributed by atoms with Crippen LogP contribution in [0.5, 0.6) is 0 Å². The van der Waals surface area contributed by atoms with Gasteiger partial charge in [0.2, 0.25) is 0 Å². The summed E-state index contributed by atoms with van der Waals surface area (Å²) < 4.78 is 43.1. The van der Waals surface area contributed by atoms with Crippen LogP contribution in [0.3, 0.4) is 0 Å². The van der Waals surface area contributed by atoms with Crippen molar-refractivity contribution < 1.29 is 22.7 Å². The highest BCUT2D eigenvalue weighted by Gasteiger charge is 2.33. The topological polar surface area (TPSA) is 39.2 Å². The van der Waals surface area contributed by atoms with E-state index in [0.717, 1.165) is 17.4 Å². The van der Waals surface area contributed by atoms with E-state index in [1.54, 1.807) is 0 Å². The van der Waals surface area contributed by atoms with E-state index in [1.165, 1.54) is 24.4 Å². The van der Waals surface area contributed by atoms with E-state index < -0.39 is 11.7 Å². The summed E-state index contributed by atoms with van der Waals surface area (Å²) in [6, 6.07) is 5.23. The molecule has 1 aromatic heterocycles. The van der Waals surface area contributed by atoms with Crippen molar-refractivity contribution in [3.05, 3.63) is 40.9 Å². The highest BCUT2D eigenvalue weighted by Crippen LogP contribution is 2.38. The van der Waals surface area contributed by atoms with Crippen molar-refractivity contribution in [1.29, 1.82) is 0 Å². The summed E-state index contributed by atoms with van der Waals surface area (Å²) in [5.41, 5.74) is -0.704. The molecular formula is C12H8F3NO2S. The largest absolute Gasteiger partial charge is 0.462 e. The monoisotopic (exact) mass is 287 g/mol. The van der Waals surface area contributed by atoms with Crippen LogP contribution in [-0.2, 0) is 22.3 Å². The van der Waals surface area contributed by atoms with Crippen molar-refractivity contribution in [3.63, 3.8) is 0 Å². The number of thiazole rings is 1. The minimum atomic E-state index is -4.43. The maximum absolute atomic E-state index is 12.8. The number of nitrogens with zero attached hydrogens (tertiary/aromatic N) is 1. The van der Waals surface area contributed by atoms with Gasteiger partial charge in [0, 0.05) is 11.8 Å². The fraction of sp³-hybridized carbons (Fsp3) is 0.167. The lowest BCUT2D eigenvalue weighted by Gasteiger charge is -2.10. The molecule has 0 fully saturated rings. The van der Waals surface area contributed by atoms with Gasteiger partial charge in [-0.25, -0.2) is 4.98 Å². The van der Waals surface area contributed by atoms with Crippen molar-refractivity contribution >= 4 is 17.8 Å². The summed E-state index contributed by atoms with van der Waals surface area (Å²) in [5, 5.41) is 0.248. The van der Waals surface area contributed by atoms with Crippen LogP contribution < -0.4 is 0 Å². The van der Waals surface area contributed by atoms with Gasteiger partial charge in [0.05, 0.1) is 10.4 Å². The molecule has 0 N–H and O–H groups in total. The van der Waals surface area contributed by atoms with Gasteiger partial charge in [-0.2, -0.15) is 13.2 Å². The Morgan fingerprint density at radius 2 is 2.05 bits per heavy atom. The van der Waals surface area contributed by atoms with Crippen LogP contribution in [0.25, 0.3) is 10.6 Å². The summed E-state index contributed by atoms with van der Waals surface area (Å²) in [4.78, 5) is 14.6. The first-order valence-electron chi connectivity index (χ1n) is 5.19. The molecule has 0 aliphatic heterocycles. The molecule has 0 aliphatic carbocycles. The van der Waals surface area contributed by atoms with Gasteiger partial charge in [-0.15, -0.1) is 11.3 Å². The molecule has 0 bridgehead atoms. The predicted molar refractivity (Wildman–Crippen MR) is 63.4 cm³/mol. The van der Waals surface area contributed by atoms with Crippen molar-refractivity contribution in [2.24, 2.45) is 0 Å². The quantitative estimate of drug-likeness (QED) is 0.808. The van der Waals surface area contributed by atoms with Crippen molar-refractivity contribution in [2.75, 3.05) is 0 Å². The number of carbonyl (C=O) groups is 1. The summed E-state index contributed by atoms with van der Waals surface area (Å²) in [6.07, 6.45) is -3.03. The highest BCUT2D eigenvalue weighted by atomic mass is 32.1. The second kappa shape index (κ2) is 5.40. The van der Waals surface area contributed by atoms with Gasteiger partial charge in [-0.05, 0) is 6.07 Å². The molecule has 0 spiro atoms. The normalized spacial score (nSPS) is 11.3. The zero-order chi connectivity index (χ0) is 13.9. The number of ether oxygens (including phenoxy) is 1. The summed E-state index contributed by atoms with van der Waals surface area (Å²) in [6.45, 7) is 0.290. The molecule has 1 heterocycles. The molecule has 0 amide bonds. The lowest BCUT2D eigenvalue weighted by molar-refractivity contribution is -0.137. The van der Waals surface area contributed by atoms with Gasteiger partial charge in [0.1, 0.15) is 11.6 Å².